The van der Waals surface area contributed by atoms with E-state index < -0.39 is 0 Å². The molecule has 0 bridgehead atoms. The van der Waals surface area contributed by atoms with Crippen molar-refractivity contribution >= 4 is 5.91 Å². The number of para-hydroxylation sites is 1. The number of hydrogen-bond donors (Lipinski definition) is 1. The van der Waals surface area contributed by atoms with E-state index in [1.54, 1.807) is 30.5 Å². The fourth-order valence-corrected chi connectivity index (χ4v) is 2.89. The third-order valence-corrected chi connectivity index (χ3v) is 4.25. The lowest BCUT2D eigenvalue weighted by molar-refractivity contribution is 0.0946. The fraction of sp³-hybridized carbons (Fsp3) is 0.182. The Kier molecular flexibility index (Phi) is 5.47. The van der Waals surface area contributed by atoms with Crippen LogP contribution < -0.4 is 24.3 Å². The zero-order valence-corrected chi connectivity index (χ0v) is 15.9. The number of hydrogen-bond acceptors (Lipinski definition) is 6. The van der Waals surface area contributed by atoms with E-state index in [1.807, 2.05) is 37.3 Å². The van der Waals surface area contributed by atoms with Crippen LogP contribution in [0.4, 0.5) is 0 Å². The zero-order valence-electron chi connectivity index (χ0n) is 15.9. The normalized spacial score (nSPS) is 11.8. The minimum Gasteiger partial charge on any atom is -0.494 e. The van der Waals surface area contributed by atoms with E-state index in [-0.39, 0.29) is 12.7 Å². The van der Waals surface area contributed by atoms with Gasteiger partial charge in [-0.15, -0.1) is 0 Å². The summed E-state index contributed by atoms with van der Waals surface area (Å²) < 4.78 is 21.9. The van der Waals surface area contributed by atoms with Crippen LogP contribution in [0.15, 0.2) is 60.8 Å². The van der Waals surface area contributed by atoms with Gasteiger partial charge >= 0.3 is 0 Å². The van der Waals surface area contributed by atoms with Crippen LogP contribution in [0.1, 0.15) is 22.8 Å². The molecule has 1 aliphatic rings. The van der Waals surface area contributed by atoms with E-state index >= 15 is 0 Å². The van der Waals surface area contributed by atoms with Gasteiger partial charge in [-0.1, -0.05) is 6.07 Å². The molecule has 29 heavy (non-hydrogen) atoms. The first kappa shape index (κ1) is 18.6. The Labute approximate surface area is 168 Å². The van der Waals surface area contributed by atoms with Crippen molar-refractivity contribution in [3.8, 4) is 28.9 Å². The van der Waals surface area contributed by atoms with Crippen LogP contribution >= 0.6 is 0 Å². The first-order valence-electron chi connectivity index (χ1n) is 9.25. The second kappa shape index (κ2) is 8.52. The average Bonchev–Trinajstić information content (AvgIpc) is 3.23. The van der Waals surface area contributed by atoms with Gasteiger partial charge in [0.25, 0.3) is 5.91 Å². The quantitative estimate of drug-likeness (QED) is 0.656. The molecule has 7 nitrogen and oxygen atoms in total. The number of carbonyl (C=O) groups excluding carboxylic acids is 1. The first-order valence-corrected chi connectivity index (χ1v) is 9.25. The molecular weight excluding hydrogens is 372 g/mol. The Balaban J connectivity index is 1.39. The minimum absolute atomic E-state index is 0.121. The molecule has 1 N–H and O–H groups in total. The van der Waals surface area contributed by atoms with Gasteiger partial charge < -0.3 is 24.3 Å². The number of amides is 1. The molecule has 0 radical (unpaired) electrons. The lowest BCUT2D eigenvalue weighted by Gasteiger charge is -2.10. The van der Waals surface area contributed by atoms with Gasteiger partial charge in [-0.3, -0.25) is 4.79 Å². The van der Waals surface area contributed by atoms with Crippen molar-refractivity contribution in [2.75, 3.05) is 13.4 Å². The topological polar surface area (TPSA) is 78.9 Å². The molecule has 0 aliphatic carbocycles. The van der Waals surface area contributed by atoms with Gasteiger partial charge in [0, 0.05) is 18.8 Å². The molecule has 1 aliphatic heterocycles. The number of nitrogens with zero attached hydrogens (tertiary/aromatic N) is 1. The number of benzene rings is 2. The third kappa shape index (κ3) is 4.40. The molecule has 0 spiro atoms. The molecule has 0 unspecified atom stereocenters. The summed E-state index contributed by atoms with van der Waals surface area (Å²) in [6, 6.07) is 16.2. The monoisotopic (exact) mass is 392 g/mol. The summed E-state index contributed by atoms with van der Waals surface area (Å²) in [4.78, 5) is 16.8. The summed E-state index contributed by atoms with van der Waals surface area (Å²) >= 11 is 0. The summed E-state index contributed by atoms with van der Waals surface area (Å²) in [5.74, 6) is 2.69. The molecule has 0 fully saturated rings. The van der Waals surface area contributed by atoms with Crippen LogP contribution in [0.2, 0.25) is 0 Å². The summed E-state index contributed by atoms with van der Waals surface area (Å²) in [5, 5.41) is 2.88. The Hall–Kier alpha value is -3.74. The fourth-order valence-electron chi connectivity index (χ4n) is 2.89. The van der Waals surface area contributed by atoms with E-state index in [0.29, 0.717) is 41.8 Å². The summed E-state index contributed by atoms with van der Waals surface area (Å²) in [7, 11) is 0. The number of nitrogens with one attached hydrogen (secondary N) is 1. The van der Waals surface area contributed by atoms with Crippen LogP contribution in [-0.4, -0.2) is 24.3 Å². The van der Waals surface area contributed by atoms with Gasteiger partial charge in [0.05, 0.1) is 12.2 Å². The molecule has 0 saturated carbocycles. The Morgan fingerprint density at radius 2 is 1.93 bits per heavy atom. The van der Waals surface area contributed by atoms with Gasteiger partial charge in [-0.25, -0.2) is 4.98 Å². The first-order chi connectivity index (χ1) is 14.2. The number of pyridine rings is 1. The largest absolute Gasteiger partial charge is 0.494 e. The maximum Gasteiger partial charge on any atom is 0.255 e. The smallest absolute Gasteiger partial charge is 0.255 e. The van der Waals surface area contributed by atoms with Crippen molar-refractivity contribution in [1.29, 1.82) is 0 Å². The van der Waals surface area contributed by atoms with E-state index in [9.17, 15) is 4.79 Å². The van der Waals surface area contributed by atoms with E-state index in [1.165, 1.54) is 0 Å². The van der Waals surface area contributed by atoms with E-state index in [4.69, 9.17) is 18.9 Å². The second-order valence-electron chi connectivity index (χ2n) is 6.23. The lowest BCUT2D eigenvalue weighted by atomic mass is 10.1. The van der Waals surface area contributed by atoms with Crippen molar-refractivity contribution in [1.82, 2.24) is 10.3 Å². The van der Waals surface area contributed by atoms with Crippen LogP contribution in [0.3, 0.4) is 0 Å². The maximum atomic E-state index is 12.5. The Bertz CT molecular complexity index is 1000. The molecule has 1 aromatic heterocycles. The van der Waals surface area contributed by atoms with Crippen LogP contribution in [0.5, 0.6) is 28.9 Å². The van der Waals surface area contributed by atoms with E-state index in [2.05, 4.69) is 10.3 Å². The van der Waals surface area contributed by atoms with Crippen molar-refractivity contribution in [2.24, 2.45) is 0 Å². The van der Waals surface area contributed by atoms with Gasteiger partial charge in [0.2, 0.25) is 12.7 Å². The number of ether oxygens (including phenoxy) is 4. The highest BCUT2D eigenvalue weighted by atomic mass is 16.7. The van der Waals surface area contributed by atoms with Crippen molar-refractivity contribution in [3.05, 3.63) is 71.9 Å². The van der Waals surface area contributed by atoms with Gasteiger partial charge in [0.1, 0.15) is 11.5 Å². The molecule has 3 aromatic rings. The molecule has 1 amide bonds. The van der Waals surface area contributed by atoms with Gasteiger partial charge in [-0.2, -0.15) is 0 Å². The highest BCUT2D eigenvalue weighted by molar-refractivity contribution is 5.97. The predicted octanol–water partition coefficient (Wildman–Crippen LogP) is 3.93. The summed E-state index contributed by atoms with van der Waals surface area (Å²) in [5.41, 5.74) is 1.30. The number of fused-ring (bicyclic) bond motifs is 1. The van der Waals surface area contributed by atoms with Crippen LogP contribution in [0.25, 0.3) is 0 Å². The number of aromatic nitrogens is 1. The zero-order chi connectivity index (χ0) is 20.1. The third-order valence-electron chi connectivity index (χ3n) is 4.25. The number of carbonyl (C=O) groups is 1. The molecule has 7 heteroatoms. The lowest BCUT2D eigenvalue weighted by Crippen LogP contribution is -2.23. The highest BCUT2D eigenvalue weighted by Gasteiger charge is 2.21. The minimum atomic E-state index is -0.238. The average molecular weight is 392 g/mol. The molecular formula is C22H20N2O5. The molecule has 4 rings (SSSR count). The maximum absolute atomic E-state index is 12.5. The van der Waals surface area contributed by atoms with Crippen LogP contribution in [-0.2, 0) is 6.54 Å². The molecule has 0 atom stereocenters. The molecule has 0 saturated heterocycles. The van der Waals surface area contributed by atoms with Gasteiger partial charge in [-0.05, 0) is 55.0 Å². The second-order valence-corrected chi connectivity index (χ2v) is 6.23. The van der Waals surface area contributed by atoms with Crippen LogP contribution in [0, 0.1) is 0 Å². The summed E-state index contributed by atoms with van der Waals surface area (Å²) in [6.45, 7) is 2.99. The van der Waals surface area contributed by atoms with Crippen molar-refractivity contribution in [2.45, 2.75) is 13.5 Å². The molecule has 2 heterocycles. The van der Waals surface area contributed by atoms with Crippen molar-refractivity contribution < 1.29 is 23.7 Å². The standard InChI is InChI=1S/C22H20N2O5/c1-2-26-16-6-8-17(9-7-16)29-20-12-15(10-11-23-20)13-24-22(25)18-4-3-5-19-21(18)28-14-27-19/h3-12H,2,13-14H2,1H3,(H,24,25). The Morgan fingerprint density at radius 3 is 2.76 bits per heavy atom. The number of rotatable bonds is 7. The predicted molar refractivity (Wildman–Crippen MR) is 106 cm³/mol. The molecule has 148 valence electrons. The summed E-state index contributed by atoms with van der Waals surface area (Å²) in [6.07, 6.45) is 1.64. The van der Waals surface area contributed by atoms with E-state index in [0.717, 1.165) is 11.3 Å². The molecule has 2 aromatic carbocycles. The highest BCUT2D eigenvalue weighted by Crippen LogP contribution is 2.35. The SMILES string of the molecule is CCOc1ccc(Oc2cc(CNC(=O)c3cccc4c3OCO4)ccn2)cc1. The van der Waals surface area contributed by atoms with Gasteiger partial charge in [0.15, 0.2) is 11.5 Å². The Morgan fingerprint density at radius 1 is 1.10 bits per heavy atom. The van der Waals surface area contributed by atoms with Crippen molar-refractivity contribution in [3.63, 3.8) is 0 Å².